The van der Waals surface area contributed by atoms with Gasteiger partial charge in [0.1, 0.15) is 6.04 Å². The van der Waals surface area contributed by atoms with Crippen molar-refractivity contribution in [3.63, 3.8) is 0 Å². The van der Waals surface area contributed by atoms with E-state index < -0.39 is 28.7 Å². The molecule has 1 saturated heterocycles. The van der Waals surface area contributed by atoms with E-state index in [1.54, 1.807) is 6.92 Å². The lowest BCUT2D eigenvalue weighted by Crippen LogP contribution is -2.44. The first-order valence-electron chi connectivity index (χ1n) is 9.69. The Morgan fingerprint density at radius 1 is 1.17 bits per heavy atom. The molecule has 0 bridgehead atoms. The van der Waals surface area contributed by atoms with Gasteiger partial charge in [-0.25, -0.2) is 0 Å². The highest BCUT2D eigenvalue weighted by Gasteiger charge is 2.42. The van der Waals surface area contributed by atoms with Crippen molar-refractivity contribution in [2.24, 2.45) is 5.92 Å². The number of likely N-dealkylation sites (N-methyl/N-ethyl adjacent to an activating group) is 1. The smallest absolute Gasteiger partial charge is 0.350 e. The molecule has 2 atom stereocenters. The summed E-state index contributed by atoms with van der Waals surface area (Å²) in [6.07, 6.45) is -3.66. The second-order valence-corrected chi connectivity index (χ2v) is 7.63. The summed E-state index contributed by atoms with van der Waals surface area (Å²) in [6.45, 7) is 2.03. The van der Waals surface area contributed by atoms with Crippen LogP contribution in [0.4, 0.5) is 13.2 Å². The fraction of sp³-hybridized carbons (Fsp3) is 0.364. The van der Waals surface area contributed by atoms with Crippen LogP contribution in [0.25, 0.3) is 0 Å². The molecule has 1 N–H and O–H groups in total. The van der Waals surface area contributed by atoms with Crippen molar-refractivity contribution in [3.05, 3.63) is 70.2 Å². The van der Waals surface area contributed by atoms with Crippen LogP contribution in [0.3, 0.4) is 0 Å². The highest BCUT2D eigenvalue weighted by Crippen LogP contribution is 2.36. The molecule has 2 aromatic rings. The Bertz CT molecular complexity index is 918. The molecule has 0 saturated carbocycles. The number of hydrogen-bond acceptors (Lipinski definition) is 2. The second kappa shape index (κ2) is 9.08. The summed E-state index contributed by atoms with van der Waals surface area (Å²) in [5, 5.41) is 2.22. The third-order valence-corrected chi connectivity index (χ3v) is 5.77. The Morgan fingerprint density at radius 2 is 1.87 bits per heavy atom. The number of nitrogens with one attached hydrogen (secondary N) is 1. The molecule has 0 spiro atoms. The maximum Gasteiger partial charge on any atom is 0.417 e. The first kappa shape index (κ1) is 22.2. The molecule has 160 valence electrons. The van der Waals surface area contributed by atoms with Crippen LogP contribution < -0.4 is 5.32 Å². The zero-order valence-electron chi connectivity index (χ0n) is 16.4. The number of amides is 2. The van der Waals surface area contributed by atoms with E-state index in [0.717, 1.165) is 11.6 Å². The summed E-state index contributed by atoms with van der Waals surface area (Å²) in [5.74, 6) is -0.784. The summed E-state index contributed by atoms with van der Waals surface area (Å²) < 4.78 is 39.1. The quantitative estimate of drug-likeness (QED) is 0.724. The average Bonchev–Trinajstić information content (AvgIpc) is 3.02. The zero-order valence-corrected chi connectivity index (χ0v) is 17.1. The molecule has 1 fully saturated rings. The largest absolute Gasteiger partial charge is 0.417 e. The van der Waals surface area contributed by atoms with Gasteiger partial charge in [0.15, 0.2) is 0 Å². The number of carbonyl (C=O) groups is 2. The lowest BCUT2D eigenvalue weighted by atomic mass is 9.96. The van der Waals surface area contributed by atoms with E-state index in [2.05, 4.69) is 5.32 Å². The summed E-state index contributed by atoms with van der Waals surface area (Å²) in [5.41, 5.74) is 0.252. The van der Waals surface area contributed by atoms with E-state index in [1.165, 1.54) is 17.0 Å². The van der Waals surface area contributed by atoms with Gasteiger partial charge in [-0.1, -0.05) is 54.1 Å². The van der Waals surface area contributed by atoms with Crippen molar-refractivity contribution in [1.29, 1.82) is 0 Å². The number of rotatable bonds is 6. The minimum Gasteiger partial charge on any atom is -0.350 e. The third kappa shape index (κ3) is 4.78. The van der Waals surface area contributed by atoms with Crippen molar-refractivity contribution in [2.45, 2.75) is 38.5 Å². The van der Waals surface area contributed by atoms with Crippen molar-refractivity contribution in [2.75, 3.05) is 6.54 Å². The molecule has 1 heterocycles. The monoisotopic (exact) mass is 438 g/mol. The van der Waals surface area contributed by atoms with E-state index >= 15 is 0 Å². The topological polar surface area (TPSA) is 49.4 Å². The lowest BCUT2D eigenvalue weighted by Gasteiger charge is -2.22. The number of nitrogens with zero attached hydrogens (tertiary/aromatic N) is 1. The van der Waals surface area contributed by atoms with Crippen LogP contribution in [-0.2, 0) is 28.7 Å². The van der Waals surface area contributed by atoms with Gasteiger partial charge >= 0.3 is 6.18 Å². The van der Waals surface area contributed by atoms with Crippen LogP contribution in [0.5, 0.6) is 0 Å². The van der Waals surface area contributed by atoms with E-state index in [1.807, 2.05) is 30.3 Å². The molecule has 4 nitrogen and oxygen atoms in total. The molecule has 1 unspecified atom stereocenters. The predicted octanol–water partition coefficient (Wildman–Crippen LogP) is 4.45. The van der Waals surface area contributed by atoms with Gasteiger partial charge in [-0.15, -0.1) is 0 Å². The molecule has 2 amide bonds. The summed E-state index contributed by atoms with van der Waals surface area (Å²) in [6, 6.07) is 12.5. The molecule has 1 aliphatic heterocycles. The Morgan fingerprint density at radius 3 is 2.50 bits per heavy atom. The highest BCUT2D eigenvalue weighted by atomic mass is 35.5. The Labute approximate surface area is 178 Å². The molecule has 3 rings (SSSR count). The molecule has 8 heteroatoms. The maximum absolute atomic E-state index is 13.0. The number of benzene rings is 2. The van der Waals surface area contributed by atoms with Crippen LogP contribution >= 0.6 is 11.6 Å². The fourth-order valence-corrected chi connectivity index (χ4v) is 4.12. The Kier molecular flexibility index (Phi) is 6.71. The van der Waals surface area contributed by atoms with E-state index in [4.69, 9.17) is 11.6 Å². The van der Waals surface area contributed by atoms with Crippen molar-refractivity contribution < 1.29 is 22.8 Å². The molecule has 2 aromatic carbocycles. The SMILES string of the molecule is CCN1C(=O)C(Cc2ccccc2)C[C@H]1C(=O)NCc1cccc(C(F)(F)F)c1Cl. The molecule has 0 aliphatic carbocycles. The van der Waals surface area contributed by atoms with Crippen molar-refractivity contribution in [1.82, 2.24) is 10.2 Å². The zero-order chi connectivity index (χ0) is 21.9. The van der Waals surface area contributed by atoms with Crippen LogP contribution in [0.1, 0.15) is 30.0 Å². The molecule has 1 aliphatic rings. The normalized spacial score (nSPS) is 19.2. The number of halogens is 4. The molecular formula is C22H22ClF3N2O2. The highest BCUT2D eigenvalue weighted by molar-refractivity contribution is 6.32. The van der Waals surface area contributed by atoms with Crippen molar-refractivity contribution >= 4 is 23.4 Å². The third-order valence-electron chi connectivity index (χ3n) is 5.32. The minimum absolute atomic E-state index is 0.0846. The maximum atomic E-state index is 13.0. The first-order valence-corrected chi connectivity index (χ1v) is 10.1. The number of hydrogen-bond donors (Lipinski definition) is 1. The standard InChI is InChI=1S/C22H22ClF3N2O2/c1-2-28-18(12-16(21(28)30)11-14-7-4-3-5-8-14)20(29)27-13-15-9-6-10-17(19(15)23)22(24,25)26/h3-10,16,18H,2,11-13H2,1H3,(H,27,29)/t16?,18-/m0/s1. The van der Waals surface area contributed by atoms with Crippen LogP contribution in [0.15, 0.2) is 48.5 Å². The van der Waals surface area contributed by atoms with Crippen LogP contribution in [-0.4, -0.2) is 29.3 Å². The van der Waals surface area contributed by atoms with Gasteiger partial charge in [-0.05, 0) is 37.0 Å². The average molecular weight is 439 g/mol. The van der Waals surface area contributed by atoms with E-state index in [0.29, 0.717) is 19.4 Å². The first-order chi connectivity index (χ1) is 14.2. The molecule has 0 radical (unpaired) electrons. The van der Waals surface area contributed by atoms with E-state index in [9.17, 15) is 22.8 Å². The Balaban J connectivity index is 1.68. The number of carbonyl (C=O) groups excluding carboxylic acids is 2. The lowest BCUT2D eigenvalue weighted by molar-refractivity contribution is -0.137. The number of likely N-dealkylation sites (tertiary alicyclic amines) is 1. The van der Waals surface area contributed by atoms with Crippen LogP contribution in [0, 0.1) is 5.92 Å². The van der Waals surface area contributed by atoms with Gasteiger partial charge in [0.05, 0.1) is 10.6 Å². The van der Waals surface area contributed by atoms with Crippen molar-refractivity contribution in [3.8, 4) is 0 Å². The van der Waals surface area contributed by atoms with Gasteiger partial charge in [-0.2, -0.15) is 13.2 Å². The van der Waals surface area contributed by atoms with Gasteiger partial charge in [0, 0.05) is 19.0 Å². The Hall–Kier alpha value is -2.54. The van der Waals surface area contributed by atoms with Gasteiger partial charge in [0.25, 0.3) is 0 Å². The summed E-state index contributed by atoms with van der Waals surface area (Å²) in [4.78, 5) is 27.0. The minimum atomic E-state index is -4.57. The number of alkyl halides is 3. The second-order valence-electron chi connectivity index (χ2n) is 7.26. The van der Waals surface area contributed by atoms with Gasteiger partial charge < -0.3 is 10.2 Å². The fourth-order valence-electron chi connectivity index (χ4n) is 3.82. The summed E-state index contributed by atoms with van der Waals surface area (Å²) in [7, 11) is 0. The molecular weight excluding hydrogens is 417 g/mol. The van der Waals surface area contributed by atoms with E-state index in [-0.39, 0.29) is 23.9 Å². The van der Waals surface area contributed by atoms with Crippen LogP contribution in [0.2, 0.25) is 5.02 Å². The summed E-state index contributed by atoms with van der Waals surface area (Å²) >= 11 is 5.89. The van der Waals surface area contributed by atoms with Gasteiger partial charge in [0.2, 0.25) is 11.8 Å². The molecule has 0 aromatic heterocycles. The van der Waals surface area contributed by atoms with Gasteiger partial charge in [-0.3, -0.25) is 9.59 Å². The molecule has 30 heavy (non-hydrogen) atoms. The predicted molar refractivity (Wildman–Crippen MR) is 108 cm³/mol.